The highest BCUT2D eigenvalue weighted by atomic mass is 127. The molecule has 3 nitrogen and oxygen atoms in total. The van der Waals surface area contributed by atoms with E-state index in [9.17, 15) is 0 Å². The molecule has 0 atom stereocenters. The van der Waals surface area contributed by atoms with E-state index in [1.165, 1.54) is 0 Å². The minimum absolute atomic E-state index is 0.613. The van der Waals surface area contributed by atoms with E-state index in [0.29, 0.717) is 5.95 Å². The molecule has 5 heteroatoms. The Bertz CT molecular complexity index is 499. The molecule has 0 fully saturated rings. The van der Waals surface area contributed by atoms with Crippen LogP contribution in [0.5, 0.6) is 0 Å². The third-order valence-corrected chi connectivity index (χ3v) is 3.12. The maximum Gasteiger partial charge on any atom is 0.227 e. The maximum atomic E-state index is 4.20. The Labute approximate surface area is 116 Å². The average Bonchev–Trinajstić information content (AvgIpc) is 2.27. The van der Waals surface area contributed by atoms with Crippen molar-refractivity contribution in [2.75, 3.05) is 5.32 Å². The molecule has 0 saturated heterocycles. The van der Waals surface area contributed by atoms with Crippen LogP contribution in [0.3, 0.4) is 0 Å². The summed E-state index contributed by atoms with van der Waals surface area (Å²) < 4.78 is 2.06. The minimum Gasteiger partial charge on any atom is -0.324 e. The molecular formula is C11H9BrIN3. The highest BCUT2D eigenvalue weighted by Crippen LogP contribution is 2.22. The quantitative estimate of drug-likeness (QED) is 0.791. The average molecular weight is 390 g/mol. The summed E-state index contributed by atoms with van der Waals surface area (Å²) in [5.41, 5.74) is 2.17. The first-order valence-electron chi connectivity index (χ1n) is 4.66. The van der Waals surface area contributed by atoms with E-state index in [0.717, 1.165) is 19.3 Å². The molecule has 2 rings (SSSR count). The SMILES string of the molecule is Cc1ccc(Br)cc1Nc1ncc(I)cn1. The molecule has 1 heterocycles. The van der Waals surface area contributed by atoms with Crippen molar-refractivity contribution in [2.45, 2.75) is 6.92 Å². The number of hydrogen-bond acceptors (Lipinski definition) is 3. The van der Waals surface area contributed by atoms with Crippen LogP contribution in [-0.4, -0.2) is 9.97 Å². The van der Waals surface area contributed by atoms with Crippen LogP contribution in [0.2, 0.25) is 0 Å². The van der Waals surface area contributed by atoms with E-state index in [1.54, 1.807) is 12.4 Å². The van der Waals surface area contributed by atoms with Crippen molar-refractivity contribution in [3.63, 3.8) is 0 Å². The van der Waals surface area contributed by atoms with Gasteiger partial charge in [-0.1, -0.05) is 22.0 Å². The van der Waals surface area contributed by atoms with Crippen LogP contribution >= 0.6 is 38.5 Å². The molecule has 1 aromatic heterocycles. The van der Waals surface area contributed by atoms with Crippen molar-refractivity contribution in [1.29, 1.82) is 0 Å². The lowest BCUT2D eigenvalue weighted by Gasteiger charge is -2.08. The van der Waals surface area contributed by atoms with Crippen LogP contribution < -0.4 is 5.32 Å². The molecule has 1 aromatic carbocycles. The molecular weight excluding hydrogens is 381 g/mol. The first-order chi connectivity index (χ1) is 7.65. The molecule has 82 valence electrons. The normalized spacial score (nSPS) is 10.2. The Morgan fingerprint density at radius 3 is 2.62 bits per heavy atom. The molecule has 0 aliphatic carbocycles. The molecule has 0 bridgehead atoms. The summed E-state index contributed by atoms with van der Waals surface area (Å²) in [6.07, 6.45) is 3.56. The van der Waals surface area contributed by atoms with E-state index in [1.807, 2.05) is 25.1 Å². The lowest BCUT2D eigenvalue weighted by Crippen LogP contribution is -1.98. The second-order valence-corrected chi connectivity index (χ2v) is 5.47. The first kappa shape index (κ1) is 11.8. The second kappa shape index (κ2) is 5.09. The third kappa shape index (κ3) is 2.91. The summed E-state index contributed by atoms with van der Waals surface area (Å²) in [5, 5.41) is 3.18. The van der Waals surface area contributed by atoms with Gasteiger partial charge in [-0.15, -0.1) is 0 Å². The van der Waals surface area contributed by atoms with Gasteiger partial charge in [0.05, 0.1) is 0 Å². The predicted molar refractivity (Wildman–Crippen MR) is 76.9 cm³/mol. The molecule has 0 saturated carbocycles. The van der Waals surface area contributed by atoms with Crippen LogP contribution in [0.1, 0.15) is 5.56 Å². The van der Waals surface area contributed by atoms with Gasteiger partial charge in [-0.3, -0.25) is 0 Å². The molecule has 2 aromatic rings. The Hall–Kier alpha value is -0.690. The zero-order valence-electron chi connectivity index (χ0n) is 8.54. The monoisotopic (exact) mass is 389 g/mol. The number of halogens is 2. The van der Waals surface area contributed by atoms with Crippen molar-refractivity contribution in [3.8, 4) is 0 Å². The molecule has 0 radical (unpaired) electrons. The Morgan fingerprint density at radius 1 is 1.25 bits per heavy atom. The zero-order chi connectivity index (χ0) is 11.5. The van der Waals surface area contributed by atoms with Crippen molar-refractivity contribution in [1.82, 2.24) is 9.97 Å². The number of hydrogen-bond donors (Lipinski definition) is 1. The van der Waals surface area contributed by atoms with Crippen molar-refractivity contribution < 1.29 is 0 Å². The van der Waals surface area contributed by atoms with E-state index >= 15 is 0 Å². The van der Waals surface area contributed by atoms with E-state index in [4.69, 9.17) is 0 Å². The van der Waals surface area contributed by atoms with E-state index in [2.05, 4.69) is 53.8 Å². The fourth-order valence-electron chi connectivity index (χ4n) is 1.23. The minimum atomic E-state index is 0.613. The van der Waals surface area contributed by atoms with Gasteiger partial charge in [-0.05, 0) is 47.2 Å². The number of benzene rings is 1. The molecule has 16 heavy (non-hydrogen) atoms. The molecule has 0 aliphatic heterocycles. The summed E-state index contributed by atoms with van der Waals surface area (Å²) in [5.74, 6) is 0.613. The summed E-state index contributed by atoms with van der Waals surface area (Å²) in [4.78, 5) is 8.40. The van der Waals surface area contributed by atoms with Gasteiger partial charge in [0.25, 0.3) is 0 Å². The van der Waals surface area contributed by atoms with Crippen LogP contribution in [0.15, 0.2) is 35.1 Å². The number of aryl methyl sites for hydroxylation is 1. The summed E-state index contributed by atoms with van der Waals surface area (Å²) in [6, 6.07) is 6.06. The van der Waals surface area contributed by atoms with Gasteiger partial charge in [0, 0.05) is 26.1 Å². The lowest BCUT2D eigenvalue weighted by molar-refractivity contribution is 1.15. The van der Waals surface area contributed by atoms with Gasteiger partial charge < -0.3 is 5.32 Å². The molecule has 0 amide bonds. The van der Waals surface area contributed by atoms with Gasteiger partial charge in [0.1, 0.15) is 0 Å². The highest BCUT2D eigenvalue weighted by Gasteiger charge is 2.01. The fraction of sp³-hybridized carbons (Fsp3) is 0.0909. The number of nitrogens with zero attached hydrogens (tertiary/aromatic N) is 2. The highest BCUT2D eigenvalue weighted by molar-refractivity contribution is 14.1. The standard InChI is InChI=1S/C11H9BrIN3/c1-7-2-3-8(12)4-10(7)16-11-14-5-9(13)6-15-11/h2-6H,1H3,(H,14,15,16). The molecule has 0 aliphatic rings. The smallest absolute Gasteiger partial charge is 0.227 e. The molecule has 1 N–H and O–H groups in total. The van der Waals surface area contributed by atoms with Crippen LogP contribution in [0.25, 0.3) is 0 Å². The number of anilines is 2. The van der Waals surface area contributed by atoms with Gasteiger partial charge in [-0.2, -0.15) is 0 Å². The second-order valence-electron chi connectivity index (χ2n) is 3.31. The molecule has 0 spiro atoms. The van der Waals surface area contributed by atoms with Crippen LogP contribution in [0, 0.1) is 10.5 Å². The first-order valence-corrected chi connectivity index (χ1v) is 6.53. The lowest BCUT2D eigenvalue weighted by atomic mass is 10.2. The van der Waals surface area contributed by atoms with Crippen LogP contribution in [-0.2, 0) is 0 Å². The molecule has 0 unspecified atom stereocenters. The van der Waals surface area contributed by atoms with Crippen molar-refractivity contribution >= 4 is 50.2 Å². The fourth-order valence-corrected chi connectivity index (χ4v) is 1.87. The van der Waals surface area contributed by atoms with E-state index in [-0.39, 0.29) is 0 Å². The zero-order valence-corrected chi connectivity index (χ0v) is 12.3. The Kier molecular flexibility index (Phi) is 3.75. The van der Waals surface area contributed by atoms with Crippen molar-refractivity contribution in [2.24, 2.45) is 0 Å². The van der Waals surface area contributed by atoms with Gasteiger partial charge in [-0.25, -0.2) is 9.97 Å². The number of aromatic nitrogens is 2. The largest absolute Gasteiger partial charge is 0.324 e. The third-order valence-electron chi connectivity index (χ3n) is 2.07. The van der Waals surface area contributed by atoms with Crippen molar-refractivity contribution in [3.05, 3.63) is 44.2 Å². The van der Waals surface area contributed by atoms with Gasteiger partial charge in [0.2, 0.25) is 5.95 Å². The van der Waals surface area contributed by atoms with Crippen LogP contribution in [0.4, 0.5) is 11.6 Å². The Balaban J connectivity index is 2.26. The number of nitrogens with one attached hydrogen (secondary N) is 1. The summed E-state index contributed by atoms with van der Waals surface area (Å²) in [6.45, 7) is 2.04. The van der Waals surface area contributed by atoms with Gasteiger partial charge >= 0.3 is 0 Å². The summed E-state index contributed by atoms with van der Waals surface area (Å²) >= 11 is 5.62. The Morgan fingerprint density at radius 2 is 1.94 bits per heavy atom. The van der Waals surface area contributed by atoms with E-state index < -0.39 is 0 Å². The predicted octanol–water partition coefficient (Wildman–Crippen LogP) is 3.90. The summed E-state index contributed by atoms with van der Waals surface area (Å²) in [7, 11) is 0. The maximum absolute atomic E-state index is 4.20. The van der Waals surface area contributed by atoms with Gasteiger partial charge in [0.15, 0.2) is 0 Å². The topological polar surface area (TPSA) is 37.8 Å². The number of rotatable bonds is 2.